The van der Waals surface area contributed by atoms with Crippen LogP contribution in [0, 0.1) is 0 Å². The number of nitrogens with zero attached hydrogens (tertiary/aromatic N) is 1. The predicted molar refractivity (Wildman–Crippen MR) is 54.6 cm³/mol. The Morgan fingerprint density at radius 3 is 2.71 bits per heavy atom. The van der Waals surface area contributed by atoms with Crippen molar-refractivity contribution in [2.45, 2.75) is 25.4 Å². The smallest absolute Gasteiger partial charge is 0.305 e. The molecule has 0 aliphatic carbocycles. The van der Waals surface area contributed by atoms with Crippen molar-refractivity contribution in [2.24, 2.45) is 5.73 Å². The summed E-state index contributed by atoms with van der Waals surface area (Å²) in [5.74, 6) is -3.14. The Balaban J connectivity index is 2.76. The number of carbonyl (C=O) groups is 4. The molecule has 0 radical (unpaired) electrons. The number of imide groups is 1. The van der Waals surface area contributed by atoms with Crippen LogP contribution in [0.1, 0.15) is 13.3 Å². The lowest BCUT2D eigenvalue weighted by atomic mass is 10.1. The van der Waals surface area contributed by atoms with Crippen molar-refractivity contribution in [1.82, 2.24) is 10.2 Å². The van der Waals surface area contributed by atoms with Crippen LogP contribution < -0.4 is 11.1 Å². The third-order valence-electron chi connectivity index (χ3n) is 2.42. The maximum atomic E-state index is 11.7. The highest BCUT2D eigenvalue weighted by Gasteiger charge is 2.35. The monoisotopic (exact) mass is 243 g/mol. The van der Waals surface area contributed by atoms with Crippen LogP contribution in [0.15, 0.2) is 0 Å². The van der Waals surface area contributed by atoms with Crippen LogP contribution in [-0.4, -0.2) is 52.3 Å². The molecule has 4 N–H and O–H groups in total. The van der Waals surface area contributed by atoms with Crippen LogP contribution in [0.3, 0.4) is 0 Å². The Kier molecular flexibility index (Phi) is 3.79. The zero-order valence-corrected chi connectivity index (χ0v) is 9.17. The molecule has 0 spiro atoms. The highest BCUT2D eigenvalue weighted by molar-refractivity contribution is 6.04. The van der Waals surface area contributed by atoms with E-state index in [4.69, 9.17) is 10.8 Å². The predicted octanol–water partition coefficient (Wildman–Crippen LogP) is -2.34. The molecule has 1 fully saturated rings. The van der Waals surface area contributed by atoms with Gasteiger partial charge in [0.25, 0.3) is 0 Å². The Morgan fingerprint density at radius 1 is 1.59 bits per heavy atom. The van der Waals surface area contributed by atoms with Crippen LogP contribution in [0.5, 0.6) is 0 Å². The van der Waals surface area contributed by atoms with Crippen molar-refractivity contribution in [1.29, 1.82) is 0 Å². The summed E-state index contributed by atoms with van der Waals surface area (Å²) in [6, 6.07) is -2.09. The topological polar surface area (TPSA) is 130 Å². The van der Waals surface area contributed by atoms with Gasteiger partial charge < -0.3 is 15.7 Å². The second kappa shape index (κ2) is 4.91. The van der Waals surface area contributed by atoms with E-state index < -0.39 is 42.2 Å². The van der Waals surface area contributed by atoms with Crippen molar-refractivity contribution in [3.8, 4) is 0 Å². The Labute approximate surface area is 96.7 Å². The van der Waals surface area contributed by atoms with Gasteiger partial charge in [0, 0.05) is 0 Å². The number of nitrogens with two attached hydrogens (primary N) is 1. The van der Waals surface area contributed by atoms with E-state index in [2.05, 4.69) is 5.32 Å². The molecule has 17 heavy (non-hydrogen) atoms. The number of hydrogen-bond donors (Lipinski definition) is 3. The van der Waals surface area contributed by atoms with Crippen LogP contribution >= 0.6 is 0 Å². The first kappa shape index (κ1) is 13.1. The van der Waals surface area contributed by atoms with Crippen LogP contribution in [0.25, 0.3) is 0 Å². The molecule has 1 saturated heterocycles. The van der Waals surface area contributed by atoms with E-state index in [-0.39, 0.29) is 6.54 Å². The molecule has 94 valence electrons. The van der Waals surface area contributed by atoms with Gasteiger partial charge in [-0.3, -0.25) is 24.5 Å². The summed E-state index contributed by atoms with van der Waals surface area (Å²) in [7, 11) is 0. The largest absolute Gasteiger partial charge is 0.481 e. The summed E-state index contributed by atoms with van der Waals surface area (Å²) in [4.78, 5) is 45.5. The molecule has 0 aromatic carbocycles. The molecule has 2 atom stereocenters. The van der Waals surface area contributed by atoms with E-state index in [1.54, 1.807) is 0 Å². The summed E-state index contributed by atoms with van der Waals surface area (Å²) >= 11 is 0. The molecule has 8 heteroatoms. The Morgan fingerprint density at radius 2 is 2.18 bits per heavy atom. The third kappa shape index (κ3) is 3.00. The Hall–Kier alpha value is -1.96. The Bertz CT molecular complexity index is 381. The van der Waals surface area contributed by atoms with Gasteiger partial charge in [-0.2, -0.15) is 0 Å². The first-order chi connectivity index (χ1) is 7.82. The van der Waals surface area contributed by atoms with E-state index >= 15 is 0 Å². The molecule has 0 aromatic rings. The number of carboxylic acid groups (broad SMARTS) is 1. The normalized spacial score (nSPS) is 22.0. The number of aliphatic carboxylic acids is 1. The summed E-state index contributed by atoms with van der Waals surface area (Å²) < 4.78 is 0. The second-order valence-corrected chi connectivity index (χ2v) is 3.76. The van der Waals surface area contributed by atoms with Crippen molar-refractivity contribution in [3.05, 3.63) is 0 Å². The first-order valence-electron chi connectivity index (χ1n) is 4.94. The molecule has 0 bridgehead atoms. The molecule has 0 aromatic heterocycles. The fourth-order valence-electron chi connectivity index (χ4n) is 1.47. The molecule has 2 unspecified atom stereocenters. The molecule has 0 saturated carbocycles. The number of rotatable bonds is 3. The maximum absolute atomic E-state index is 11.7. The van der Waals surface area contributed by atoms with Gasteiger partial charge in [0.2, 0.25) is 17.7 Å². The van der Waals surface area contributed by atoms with Gasteiger partial charge in [-0.15, -0.1) is 0 Å². The number of amides is 3. The first-order valence-corrected chi connectivity index (χ1v) is 4.94. The fourth-order valence-corrected chi connectivity index (χ4v) is 1.47. The summed E-state index contributed by atoms with van der Waals surface area (Å²) in [5.41, 5.74) is 5.39. The molecule has 3 amide bonds. The van der Waals surface area contributed by atoms with E-state index in [1.165, 1.54) is 6.92 Å². The zero-order chi connectivity index (χ0) is 13.2. The number of piperazine rings is 1. The fraction of sp³-hybridized carbons (Fsp3) is 0.556. The van der Waals surface area contributed by atoms with Crippen LogP contribution in [0.4, 0.5) is 0 Å². The maximum Gasteiger partial charge on any atom is 0.305 e. The molecule has 8 nitrogen and oxygen atoms in total. The lowest BCUT2D eigenvalue weighted by Crippen LogP contribution is -2.61. The van der Waals surface area contributed by atoms with Gasteiger partial charge >= 0.3 is 5.97 Å². The summed E-state index contributed by atoms with van der Waals surface area (Å²) in [5, 5.41) is 10.6. The molecular formula is C9H13N3O5. The van der Waals surface area contributed by atoms with Gasteiger partial charge in [-0.05, 0) is 6.92 Å². The molecule has 1 aliphatic rings. The van der Waals surface area contributed by atoms with Gasteiger partial charge in [-0.1, -0.05) is 0 Å². The standard InChI is InChI=1S/C9H13N3O5/c1-4-8(16)11-6(13)3-12(4)9(17)5(10)2-7(14)15/h4-5H,2-3,10H2,1H3,(H,14,15)(H,11,13,16). The zero-order valence-electron chi connectivity index (χ0n) is 9.17. The van der Waals surface area contributed by atoms with Crippen LogP contribution in [-0.2, 0) is 19.2 Å². The number of nitrogens with one attached hydrogen (secondary N) is 1. The average Bonchev–Trinajstić information content (AvgIpc) is 2.21. The lowest BCUT2D eigenvalue weighted by Gasteiger charge is -2.33. The molecule has 1 aliphatic heterocycles. The van der Waals surface area contributed by atoms with E-state index in [9.17, 15) is 19.2 Å². The minimum Gasteiger partial charge on any atom is -0.481 e. The highest BCUT2D eigenvalue weighted by Crippen LogP contribution is 2.07. The van der Waals surface area contributed by atoms with Crippen molar-refractivity contribution >= 4 is 23.7 Å². The quantitative estimate of drug-likeness (QED) is 0.476. The van der Waals surface area contributed by atoms with Gasteiger partial charge in [-0.25, -0.2) is 0 Å². The molecule has 1 rings (SSSR count). The lowest BCUT2D eigenvalue weighted by molar-refractivity contribution is -0.151. The average molecular weight is 243 g/mol. The number of carbonyl (C=O) groups excluding carboxylic acids is 3. The summed E-state index contributed by atoms with van der Waals surface area (Å²) in [6.45, 7) is 1.15. The van der Waals surface area contributed by atoms with Crippen molar-refractivity contribution < 1.29 is 24.3 Å². The van der Waals surface area contributed by atoms with E-state index in [1.807, 2.05) is 0 Å². The van der Waals surface area contributed by atoms with E-state index in [0.717, 1.165) is 4.90 Å². The number of carboxylic acids is 1. The second-order valence-electron chi connectivity index (χ2n) is 3.76. The molecule has 1 heterocycles. The van der Waals surface area contributed by atoms with E-state index in [0.29, 0.717) is 0 Å². The third-order valence-corrected chi connectivity index (χ3v) is 2.42. The summed E-state index contributed by atoms with van der Waals surface area (Å²) in [6.07, 6.45) is -0.544. The van der Waals surface area contributed by atoms with Gasteiger partial charge in [0.15, 0.2) is 0 Å². The minimum atomic E-state index is -1.26. The highest BCUT2D eigenvalue weighted by atomic mass is 16.4. The van der Waals surface area contributed by atoms with Crippen molar-refractivity contribution in [2.75, 3.05) is 6.54 Å². The van der Waals surface area contributed by atoms with Gasteiger partial charge in [0.1, 0.15) is 12.6 Å². The molecular weight excluding hydrogens is 230 g/mol. The van der Waals surface area contributed by atoms with Gasteiger partial charge in [0.05, 0.1) is 12.5 Å². The van der Waals surface area contributed by atoms with Crippen LogP contribution in [0.2, 0.25) is 0 Å². The minimum absolute atomic E-state index is 0.293. The van der Waals surface area contributed by atoms with Crippen molar-refractivity contribution in [3.63, 3.8) is 0 Å². The SMILES string of the molecule is CC1C(=O)NC(=O)CN1C(=O)C(N)CC(=O)O. The number of hydrogen-bond acceptors (Lipinski definition) is 5.